The fourth-order valence-electron chi connectivity index (χ4n) is 2.91. The van der Waals surface area contributed by atoms with E-state index in [1.54, 1.807) is 0 Å². The summed E-state index contributed by atoms with van der Waals surface area (Å²) < 4.78 is 0. The molecule has 0 aromatic carbocycles. The lowest BCUT2D eigenvalue weighted by Crippen LogP contribution is -2.43. The quantitative estimate of drug-likeness (QED) is 0.767. The highest BCUT2D eigenvalue weighted by molar-refractivity contribution is 5.94. The molecule has 1 amide bonds. The zero-order valence-electron chi connectivity index (χ0n) is 12.8. The van der Waals surface area contributed by atoms with Crippen LogP contribution in [0.15, 0.2) is 0 Å². The Bertz CT molecular complexity index is 491. The summed E-state index contributed by atoms with van der Waals surface area (Å²) >= 11 is 0. The minimum absolute atomic E-state index is 0.145. The summed E-state index contributed by atoms with van der Waals surface area (Å²) in [7, 11) is 0. The molecule has 0 bridgehead atoms. The Kier molecular flexibility index (Phi) is 4.18. The van der Waals surface area contributed by atoms with Crippen molar-refractivity contribution in [2.24, 2.45) is 11.3 Å². The monoisotopic (exact) mass is 279 g/mol. The standard InChI is InChI=1S/C15H25N3O2/c1-9(2)13(19)15(3,4)8-16-14(20)12-10-6-5-7-11(10)17-18-12/h9,13,19H,5-8H2,1-4H3,(H,16,20)(H,17,18). The van der Waals surface area contributed by atoms with Crippen molar-refractivity contribution in [3.8, 4) is 0 Å². The van der Waals surface area contributed by atoms with Crippen LogP contribution in [0.4, 0.5) is 0 Å². The van der Waals surface area contributed by atoms with Crippen LogP contribution in [0.1, 0.15) is 55.9 Å². The number of aryl methyl sites for hydroxylation is 1. The van der Waals surface area contributed by atoms with E-state index in [1.165, 1.54) is 0 Å². The normalized spacial score (nSPS) is 16.3. The number of hydrogen-bond donors (Lipinski definition) is 3. The van der Waals surface area contributed by atoms with E-state index in [1.807, 2.05) is 27.7 Å². The zero-order valence-corrected chi connectivity index (χ0v) is 12.8. The molecule has 0 fully saturated rings. The number of rotatable bonds is 5. The molecule has 5 nitrogen and oxygen atoms in total. The van der Waals surface area contributed by atoms with Crippen LogP contribution in [0.5, 0.6) is 0 Å². The van der Waals surface area contributed by atoms with E-state index in [2.05, 4.69) is 15.5 Å². The molecule has 2 rings (SSSR count). The van der Waals surface area contributed by atoms with Crippen LogP contribution in [-0.2, 0) is 12.8 Å². The number of hydrogen-bond acceptors (Lipinski definition) is 3. The van der Waals surface area contributed by atoms with Gasteiger partial charge in [0.15, 0.2) is 5.69 Å². The van der Waals surface area contributed by atoms with Gasteiger partial charge in [0, 0.05) is 23.2 Å². The van der Waals surface area contributed by atoms with Crippen LogP contribution in [0.25, 0.3) is 0 Å². The van der Waals surface area contributed by atoms with Gasteiger partial charge in [-0.05, 0) is 25.2 Å². The molecule has 1 unspecified atom stereocenters. The molecule has 1 atom stereocenters. The summed E-state index contributed by atoms with van der Waals surface area (Å²) in [6.07, 6.45) is 2.54. The molecule has 112 valence electrons. The molecule has 0 spiro atoms. The van der Waals surface area contributed by atoms with Gasteiger partial charge in [-0.1, -0.05) is 27.7 Å². The average Bonchev–Trinajstić information content (AvgIpc) is 2.97. The third-order valence-corrected chi connectivity index (χ3v) is 4.16. The van der Waals surface area contributed by atoms with Crippen LogP contribution in [0.2, 0.25) is 0 Å². The minimum Gasteiger partial charge on any atom is -0.392 e. The second-order valence-electron chi connectivity index (χ2n) is 6.74. The molecule has 5 heteroatoms. The van der Waals surface area contributed by atoms with Gasteiger partial charge in [0.1, 0.15) is 0 Å². The molecule has 0 radical (unpaired) electrons. The fourth-order valence-corrected chi connectivity index (χ4v) is 2.91. The lowest BCUT2D eigenvalue weighted by atomic mass is 9.80. The summed E-state index contributed by atoms with van der Waals surface area (Å²) in [6, 6.07) is 0. The highest BCUT2D eigenvalue weighted by Gasteiger charge is 2.31. The zero-order chi connectivity index (χ0) is 14.9. The van der Waals surface area contributed by atoms with E-state index in [0.717, 1.165) is 30.5 Å². The number of nitrogens with one attached hydrogen (secondary N) is 2. The lowest BCUT2D eigenvalue weighted by Gasteiger charge is -2.33. The maximum atomic E-state index is 12.2. The van der Waals surface area contributed by atoms with E-state index in [0.29, 0.717) is 12.2 Å². The Morgan fingerprint density at radius 3 is 2.80 bits per heavy atom. The van der Waals surface area contributed by atoms with E-state index in [4.69, 9.17) is 0 Å². The minimum atomic E-state index is -0.451. The number of aromatic nitrogens is 2. The number of aliphatic hydroxyl groups excluding tert-OH is 1. The smallest absolute Gasteiger partial charge is 0.272 e. The molecule has 1 heterocycles. The van der Waals surface area contributed by atoms with Crippen LogP contribution >= 0.6 is 0 Å². The molecule has 0 saturated carbocycles. The Balaban J connectivity index is 1.98. The first-order valence-electron chi connectivity index (χ1n) is 7.35. The van der Waals surface area contributed by atoms with Crippen molar-refractivity contribution in [2.45, 2.75) is 53.1 Å². The third-order valence-electron chi connectivity index (χ3n) is 4.16. The second-order valence-corrected chi connectivity index (χ2v) is 6.74. The first-order valence-corrected chi connectivity index (χ1v) is 7.35. The van der Waals surface area contributed by atoms with Gasteiger partial charge in [-0.15, -0.1) is 0 Å². The number of amides is 1. The molecule has 1 aliphatic rings. The second kappa shape index (κ2) is 5.56. The average molecular weight is 279 g/mol. The van der Waals surface area contributed by atoms with Crippen molar-refractivity contribution in [1.29, 1.82) is 0 Å². The van der Waals surface area contributed by atoms with Gasteiger partial charge < -0.3 is 10.4 Å². The Morgan fingerprint density at radius 1 is 1.45 bits per heavy atom. The van der Waals surface area contributed by atoms with Crippen molar-refractivity contribution in [2.75, 3.05) is 6.54 Å². The van der Waals surface area contributed by atoms with Gasteiger partial charge >= 0.3 is 0 Å². The largest absolute Gasteiger partial charge is 0.392 e. The van der Waals surface area contributed by atoms with Crippen molar-refractivity contribution in [1.82, 2.24) is 15.5 Å². The van der Waals surface area contributed by atoms with Crippen LogP contribution in [0.3, 0.4) is 0 Å². The maximum Gasteiger partial charge on any atom is 0.272 e. The summed E-state index contributed by atoms with van der Waals surface area (Å²) in [5.41, 5.74) is 2.32. The third kappa shape index (κ3) is 2.87. The number of aromatic amines is 1. The Labute approximate surface area is 120 Å². The van der Waals surface area contributed by atoms with Crippen LogP contribution in [0, 0.1) is 11.3 Å². The molecule has 1 aromatic rings. The summed E-state index contributed by atoms with van der Waals surface area (Å²) in [5, 5.41) is 20.2. The predicted molar refractivity (Wildman–Crippen MR) is 77.6 cm³/mol. The SMILES string of the molecule is CC(C)C(O)C(C)(C)CNC(=O)c1n[nH]c2c1CCC2. The van der Waals surface area contributed by atoms with Crippen molar-refractivity contribution in [3.63, 3.8) is 0 Å². The molecule has 20 heavy (non-hydrogen) atoms. The van der Waals surface area contributed by atoms with Gasteiger partial charge in [-0.3, -0.25) is 9.89 Å². The topological polar surface area (TPSA) is 78.0 Å². The van der Waals surface area contributed by atoms with Crippen molar-refractivity contribution >= 4 is 5.91 Å². The Morgan fingerprint density at radius 2 is 2.15 bits per heavy atom. The summed E-state index contributed by atoms with van der Waals surface area (Å²) in [4.78, 5) is 12.2. The first-order chi connectivity index (χ1) is 9.33. The highest BCUT2D eigenvalue weighted by atomic mass is 16.3. The van der Waals surface area contributed by atoms with Crippen LogP contribution < -0.4 is 5.32 Å². The number of aliphatic hydroxyl groups is 1. The maximum absolute atomic E-state index is 12.2. The molecule has 1 aliphatic carbocycles. The highest BCUT2D eigenvalue weighted by Crippen LogP contribution is 2.26. The first kappa shape index (κ1) is 15.0. The van der Waals surface area contributed by atoms with Gasteiger partial charge in [0.25, 0.3) is 5.91 Å². The number of nitrogens with zero attached hydrogens (tertiary/aromatic N) is 1. The summed E-state index contributed by atoms with van der Waals surface area (Å²) in [6.45, 7) is 8.33. The number of fused-ring (bicyclic) bond motifs is 1. The molecule has 0 aliphatic heterocycles. The van der Waals surface area contributed by atoms with Gasteiger partial charge in [-0.25, -0.2) is 0 Å². The molecular weight excluding hydrogens is 254 g/mol. The van der Waals surface area contributed by atoms with Gasteiger partial charge in [0.2, 0.25) is 0 Å². The molecule has 3 N–H and O–H groups in total. The number of H-pyrrole nitrogens is 1. The van der Waals surface area contributed by atoms with E-state index in [9.17, 15) is 9.90 Å². The number of carbonyl (C=O) groups is 1. The fraction of sp³-hybridized carbons (Fsp3) is 0.733. The number of carbonyl (C=O) groups excluding carboxylic acids is 1. The lowest BCUT2D eigenvalue weighted by molar-refractivity contribution is 0.0138. The van der Waals surface area contributed by atoms with Gasteiger partial charge in [-0.2, -0.15) is 5.10 Å². The van der Waals surface area contributed by atoms with E-state index >= 15 is 0 Å². The van der Waals surface area contributed by atoms with E-state index < -0.39 is 6.10 Å². The van der Waals surface area contributed by atoms with E-state index in [-0.39, 0.29) is 17.2 Å². The summed E-state index contributed by atoms with van der Waals surface area (Å²) in [5.74, 6) is 0.0185. The molecular formula is C15H25N3O2. The van der Waals surface area contributed by atoms with Crippen molar-refractivity contribution in [3.05, 3.63) is 17.0 Å². The molecule has 0 saturated heterocycles. The van der Waals surface area contributed by atoms with Crippen molar-refractivity contribution < 1.29 is 9.90 Å². The molecule has 1 aromatic heterocycles. The Hall–Kier alpha value is -1.36. The predicted octanol–water partition coefficient (Wildman–Crippen LogP) is 1.67. The van der Waals surface area contributed by atoms with Gasteiger partial charge in [0.05, 0.1) is 6.10 Å². The van der Waals surface area contributed by atoms with Crippen LogP contribution in [-0.4, -0.2) is 33.9 Å².